The zero-order chi connectivity index (χ0) is 14.8. The first-order valence-corrected chi connectivity index (χ1v) is 6.71. The van der Waals surface area contributed by atoms with Crippen LogP contribution in [0.4, 0.5) is 11.5 Å². The first-order chi connectivity index (χ1) is 10.2. The lowest BCUT2D eigenvalue weighted by Gasteiger charge is -2.18. The zero-order valence-corrected chi connectivity index (χ0v) is 11.7. The lowest BCUT2D eigenvalue weighted by Crippen LogP contribution is -2.16. The van der Waals surface area contributed by atoms with E-state index in [1.165, 1.54) is 6.33 Å². The highest BCUT2D eigenvalue weighted by atomic mass is 16.3. The molecule has 0 aliphatic heterocycles. The predicted molar refractivity (Wildman–Crippen MR) is 82.0 cm³/mol. The highest BCUT2D eigenvalue weighted by Gasteiger charge is 2.15. The minimum Gasteiger partial charge on any atom is -0.397 e. The molecule has 1 aromatic carbocycles. The van der Waals surface area contributed by atoms with Crippen LogP contribution in [0, 0.1) is 6.92 Å². The van der Waals surface area contributed by atoms with E-state index in [-0.39, 0.29) is 12.6 Å². The van der Waals surface area contributed by atoms with Gasteiger partial charge in [-0.05, 0) is 12.5 Å². The van der Waals surface area contributed by atoms with Gasteiger partial charge in [-0.3, -0.25) is 0 Å². The Balaban J connectivity index is 2.01. The molecule has 1 unspecified atom stereocenters. The number of aryl methyl sites for hydroxylation is 1. The van der Waals surface area contributed by atoms with Crippen molar-refractivity contribution in [3.05, 3.63) is 54.0 Å². The van der Waals surface area contributed by atoms with Crippen LogP contribution in [0.15, 0.2) is 42.9 Å². The molecular formula is C15H17N5O. The molecule has 0 spiro atoms. The van der Waals surface area contributed by atoms with Gasteiger partial charge in [-0.1, -0.05) is 30.3 Å². The summed E-state index contributed by atoms with van der Waals surface area (Å²) in [6.07, 6.45) is 3.22. The standard InChI is InChI=1S/C15H17N5O/c1-10-12(16)7-20-14(10)15(17-9-18-20)19-13(8-21)11-5-3-2-4-6-11/h2-7,9,13,21H,8,16H2,1H3,(H,17,18,19). The Bertz CT molecular complexity index is 753. The van der Waals surface area contributed by atoms with Gasteiger partial charge in [0.1, 0.15) is 11.8 Å². The van der Waals surface area contributed by atoms with E-state index in [1.54, 1.807) is 10.7 Å². The molecule has 108 valence electrons. The molecule has 1 atom stereocenters. The molecular weight excluding hydrogens is 266 g/mol. The number of nitrogens with one attached hydrogen (secondary N) is 1. The molecule has 2 aromatic heterocycles. The van der Waals surface area contributed by atoms with Gasteiger partial charge in [-0.2, -0.15) is 5.10 Å². The number of nitrogens with two attached hydrogens (primary N) is 1. The summed E-state index contributed by atoms with van der Waals surface area (Å²) in [5.74, 6) is 0.655. The van der Waals surface area contributed by atoms with Gasteiger partial charge in [0.05, 0.1) is 24.5 Å². The van der Waals surface area contributed by atoms with Gasteiger partial charge >= 0.3 is 0 Å². The van der Waals surface area contributed by atoms with E-state index in [4.69, 9.17) is 5.73 Å². The van der Waals surface area contributed by atoms with Gasteiger partial charge in [-0.25, -0.2) is 9.50 Å². The van der Waals surface area contributed by atoms with E-state index in [0.717, 1.165) is 16.6 Å². The van der Waals surface area contributed by atoms with Crippen LogP contribution >= 0.6 is 0 Å². The Morgan fingerprint density at radius 2 is 2.10 bits per heavy atom. The number of aromatic nitrogens is 3. The van der Waals surface area contributed by atoms with Crippen molar-refractivity contribution in [2.24, 2.45) is 0 Å². The Kier molecular flexibility index (Phi) is 3.45. The molecule has 3 rings (SSSR count). The normalized spacial score (nSPS) is 12.5. The summed E-state index contributed by atoms with van der Waals surface area (Å²) in [5, 5.41) is 17.1. The van der Waals surface area contributed by atoms with Crippen LogP contribution in [-0.4, -0.2) is 26.3 Å². The number of hydrogen-bond donors (Lipinski definition) is 3. The van der Waals surface area contributed by atoms with E-state index in [0.29, 0.717) is 11.5 Å². The van der Waals surface area contributed by atoms with E-state index in [2.05, 4.69) is 15.4 Å². The van der Waals surface area contributed by atoms with Gasteiger partial charge < -0.3 is 16.2 Å². The summed E-state index contributed by atoms with van der Waals surface area (Å²) >= 11 is 0. The number of anilines is 2. The highest BCUT2D eigenvalue weighted by molar-refractivity contribution is 5.78. The summed E-state index contributed by atoms with van der Waals surface area (Å²) < 4.78 is 1.69. The average Bonchev–Trinajstić information content (AvgIpc) is 2.81. The molecule has 0 saturated carbocycles. The third-order valence-corrected chi connectivity index (χ3v) is 3.56. The second-order valence-electron chi connectivity index (χ2n) is 4.90. The van der Waals surface area contributed by atoms with Crippen LogP contribution in [0.5, 0.6) is 0 Å². The van der Waals surface area contributed by atoms with Crippen LogP contribution in [0.1, 0.15) is 17.2 Å². The molecule has 0 fully saturated rings. The quantitative estimate of drug-likeness (QED) is 0.679. The molecule has 2 heterocycles. The molecule has 6 nitrogen and oxygen atoms in total. The maximum absolute atomic E-state index is 9.65. The van der Waals surface area contributed by atoms with Crippen LogP contribution in [0.2, 0.25) is 0 Å². The van der Waals surface area contributed by atoms with Crippen molar-refractivity contribution in [3.8, 4) is 0 Å². The Morgan fingerprint density at radius 3 is 2.81 bits per heavy atom. The van der Waals surface area contributed by atoms with E-state index < -0.39 is 0 Å². The number of nitrogens with zero attached hydrogens (tertiary/aromatic N) is 3. The fourth-order valence-electron chi connectivity index (χ4n) is 2.37. The zero-order valence-electron chi connectivity index (χ0n) is 11.7. The van der Waals surface area contributed by atoms with Crippen molar-refractivity contribution in [2.75, 3.05) is 17.7 Å². The van der Waals surface area contributed by atoms with Crippen molar-refractivity contribution in [2.45, 2.75) is 13.0 Å². The minimum absolute atomic E-state index is 0.0323. The molecule has 0 radical (unpaired) electrons. The number of aliphatic hydroxyl groups excluding tert-OH is 1. The van der Waals surface area contributed by atoms with Crippen LogP contribution in [0.25, 0.3) is 5.52 Å². The Morgan fingerprint density at radius 1 is 1.33 bits per heavy atom. The summed E-state index contributed by atoms with van der Waals surface area (Å²) in [5.41, 5.74) is 9.33. The molecule has 0 aliphatic rings. The van der Waals surface area contributed by atoms with Crippen LogP contribution < -0.4 is 11.1 Å². The Hall–Kier alpha value is -2.60. The molecule has 6 heteroatoms. The van der Waals surface area contributed by atoms with Gasteiger partial charge in [0.15, 0.2) is 5.82 Å². The largest absolute Gasteiger partial charge is 0.397 e. The van der Waals surface area contributed by atoms with E-state index in [1.807, 2.05) is 37.3 Å². The number of aliphatic hydroxyl groups is 1. The third kappa shape index (κ3) is 2.41. The van der Waals surface area contributed by atoms with E-state index in [9.17, 15) is 5.11 Å². The van der Waals surface area contributed by atoms with Crippen LogP contribution in [-0.2, 0) is 0 Å². The molecule has 0 aliphatic carbocycles. The fraction of sp³-hybridized carbons (Fsp3) is 0.200. The summed E-state index contributed by atoms with van der Waals surface area (Å²) in [6.45, 7) is 1.89. The molecule has 3 aromatic rings. The number of benzene rings is 1. The summed E-state index contributed by atoms with van der Waals surface area (Å²) in [7, 11) is 0. The first-order valence-electron chi connectivity index (χ1n) is 6.71. The molecule has 0 bridgehead atoms. The van der Waals surface area contributed by atoms with Crippen LogP contribution in [0.3, 0.4) is 0 Å². The van der Waals surface area contributed by atoms with Gasteiger partial charge in [0.2, 0.25) is 0 Å². The number of rotatable bonds is 4. The van der Waals surface area contributed by atoms with Crippen molar-refractivity contribution in [1.29, 1.82) is 0 Å². The molecule has 21 heavy (non-hydrogen) atoms. The topological polar surface area (TPSA) is 88.5 Å². The van der Waals surface area contributed by atoms with Crippen molar-refractivity contribution >= 4 is 17.0 Å². The molecule has 0 amide bonds. The number of hydrogen-bond acceptors (Lipinski definition) is 5. The maximum atomic E-state index is 9.65. The lowest BCUT2D eigenvalue weighted by molar-refractivity contribution is 0.276. The number of nitrogen functional groups attached to an aromatic ring is 1. The van der Waals surface area contributed by atoms with E-state index >= 15 is 0 Å². The first kappa shape index (κ1) is 13.4. The summed E-state index contributed by atoms with van der Waals surface area (Å²) in [4.78, 5) is 4.28. The predicted octanol–water partition coefficient (Wildman–Crippen LogP) is 1.77. The van der Waals surface area contributed by atoms with Crippen molar-refractivity contribution in [3.63, 3.8) is 0 Å². The Labute approximate surface area is 122 Å². The number of fused-ring (bicyclic) bond motifs is 1. The average molecular weight is 283 g/mol. The van der Waals surface area contributed by atoms with Gasteiger partial charge in [0, 0.05) is 5.56 Å². The second-order valence-corrected chi connectivity index (χ2v) is 4.90. The maximum Gasteiger partial charge on any atom is 0.154 e. The van der Waals surface area contributed by atoms with Crippen molar-refractivity contribution in [1.82, 2.24) is 14.6 Å². The SMILES string of the molecule is Cc1c(N)cn2ncnc(NC(CO)c3ccccc3)c12. The summed E-state index contributed by atoms with van der Waals surface area (Å²) in [6, 6.07) is 9.52. The third-order valence-electron chi connectivity index (χ3n) is 3.56. The highest BCUT2D eigenvalue weighted by Crippen LogP contribution is 2.26. The minimum atomic E-state index is -0.236. The lowest BCUT2D eigenvalue weighted by atomic mass is 10.1. The fourth-order valence-corrected chi connectivity index (χ4v) is 2.37. The van der Waals surface area contributed by atoms with Gasteiger partial charge in [-0.15, -0.1) is 0 Å². The second kappa shape index (κ2) is 5.41. The van der Waals surface area contributed by atoms with Gasteiger partial charge in [0.25, 0.3) is 0 Å². The van der Waals surface area contributed by atoms with Crippen molar-refractivity contribution < 1.29 is 5.11 Å². The smallest absolute Gasteiger partial charge is 0.154 e. The molecule has 4 N–H and O–H groups in total. The molecule has 0 saturated heterocycles. The monoisotopic (exact) mass is 283 g/mol.